The van der Waals surface area contributed by atoms with Crippen LogP contribution in [0.1, 0.15) is 11.4 Å². The largest absolute Gasteiger partial charge is 0.376 e. The third kappa shape index (κ3) is 4.35. The van der Waals surface area contributed by atoms with E-state index in [2.05, 4.69) is 38.3 Å². The van der Waals surface area contributed by atoms with E-state index in [-0.39, 0.29) is 12.5 Å². The summed E-state index contributed by atoms with van der Waals surface area (Å²) in [5.41, 5.74) is 5.75. The van der Waals surface area contributed by atoms with E-state index >= 15 is 0 Å². The highest BCUT2D eigenvalue weighted by Crippen LogP contribution is 2.21. The second-order valence-corrected chi connectivity index (χ2v) is 6.98. The van der Waals surface area contributed by atoms with E-state index < -0.39 is 0 Å². The number of aryl methyl sites for hydroxylation is 2. The molecular formula is C23H22N6O. The topological polar surface area (TPSA) is 84.7 Å². The average molecular weight is 398 g/mol. The molecule has 2 N–H and O–H groups in total. The summed E-state index contributed by atoms with van der Waals surface area (Å²) in [6, 6.07) is 23.8. The van der Waals surface area contributed by atoms with E-state index in [9.17, 15) is 4.79 Å². The summed E-state index contributed by atoms with van der Waals surface area (Å²) in [5, 5.41) is 17.7. The number of benzene rings is 3. The molecule has 0 atom stereocenters. The second-order valence-electron chi connectivity index (χ2n) is 6.98. The van der Waals surface area contributed by atoms with Gasteiger partial charge in [-0.3, -0.25) is 4.79 Å². The van der Waals surface area contributed by atoms with Crippen molar-refractivity contribution in [2.45, 2.75) is 13.8 Å². The fraction of sp³-hybridized carbons (Fsp3) is 0.130. The first kappa shape index (κ1) is 19.3. The Hall–Kier alpha value is -4.00. The van der Waals surface area contributed by atoms with E-state index in [1.54, 1.807) is 4.68 Å². The zero-order valence-corrected chi connectivity index (χ0v) is 16.8. The van der Waals surface area contributed by atoms with Crippen LogP contribution in [0.5, 0.6) is 0 Å². The van der Waals surface area contributed by atoms with Crippen LogP contribution in [-0.4, -0.2) is 32.7 Å². The Kier molecular flexibility index (Phi) is 5.52. The predicted octanol–water partition coefficient (Wildman–Crippen LogP) is 4.00. The van der Waals surface area contributed by atoms with Gasteiger partial charge >= 0.3 is 0 Å². The minimum atomic E-state index is -0.122. The number of hydrogen-bond acceptors (Lipinski definition) is 5. The first-order chi connectivity index (χ1) is 14.6. The lowest BCUT2D eigenvalue weighted by atomic mass is 10.1. The van der Waals surface area contributed by atoms with Gasteiger partial charge in [-0.1, -0.05) is 48.5 Å². The molecule has 150 valence electrons. The highest BCUT2D eigenvalue weighted by molar-refractivity contribution is 5.94. The maximum absolute atomic E-state index is 12.4. The summed E-state index contributed by atoms with van der Waals surface area (Å²) in [6.45, 7) is 3.99. The Bertz CT molecular complexity index is 1150. The van der Waals surface area contributed by atoms with Crippen molar-refractivity contribution >= 4 is 17.3 Å². The zero-order valence-electron chi connectivity index (χ0n) is 16.8. The van der Waals surface area contributed by atoms with Gasteiger partial charge in [-0.15, -0.1) is 5.10 Å². The lowest BCUT2D eigenvalue weighted by Crippen LogP contribution is -2.21. The fourth-order valence-electron chi connectivity index (χ4n) is 3.17. The molecular weight excluding hydrogens is 376 g/mol. The smallest absolute Gasteiger partial charge is 0.243 e. The molecule has 0 unspecified atom stereocenters. The highest BCUT2D eigenvalue weighted by Gasteiger charge is 2.09. The first-order valence-corrected chi connectivity index (χ1v) is 9.65. The molecule has 1 heterocycles. The molecule has 1 amide bonds. The first-order valence-electron chi connectivity index (χ1n) is 9.65. The fourth-order valence-corrected chi connectivity index (χ4v) is 3.17. The molecule has 30 heavy (non-hydrogen) atoms. The van der Waals surface area contributed by atoms with Crippen molar-refractivity contribution in [3.8, 4) is 16.8 Å². The number of nitrogens with one attached hydrogen (secondary N) is 2. The van der Waals surface area contributed by atoms with Crippen LogP contribution in [0.2, 0.25) is 0 Å². The van der Waals surface area contributed by atoms with Crippen molar-refractivity contribution in [1.29, 1.82) is 0 Å². The predicted molar refractivity (Wildman–Crippen MR) is 118 cm³/mol. The van der Waals surface area contributed by atoms with Gasteiger partial charge in [0.1, 0.15) is 0 Å². The molecule has 0 aliphatic rings. The molecule has 4 aromatic rings. The molecule has 0 bridgehead atoms. The van der Waals surface area contributed by atoms with Gasteiger partial charge in [-0.25, -0.2) is 0 Å². The van der Waals surface area contributed by atoms with Crippen LogP contribution >= 0.6 is 0 Å². The quantitative estimate of drug-likeness (QED) is 0.513. The number of nitrogens with zero attached hydrogens (tertiary/aromatic N) is 4. The molecule has 0 fully saturated rings. The lowest BCUT2D eigenvalue weighted by Gasteiger charge is -2.12. The lowest BCUT2D eigenvalue weighted by molar-refractivity contribution is -0.114. The minimum Gasteiger partial charge on any atom is -0.376 e. The Balaban J connectivity index is 1.38. The summed E-state index contributed by atoms with van der Waals surface area (Å²) in [6.07, 6.45) is 0. The highest BCUT2D eigenvalue weighted by atomic mass is 16.1. The van der Waals surface area contributed by atoms with Crippen LogP contribution in [0.25, 0.3) is 16.8 Å². The number of tetrazole rings is 1. The SMILES string of the molecule is Cc1ccc(NCC(=O)Nc2ccc(-c3ccccc3)cc2)cc1-n1nnnc1C. The summed E-state index contributed by atoms with van der Waals surface area (Å²) in [4.78, 5) is 12.4. The van der Waals surface area contributed by atoms with Crippen molar-refractivity contribution < 1.29 is 4.79 Å². The normalized spacial score (nSPS) is 10.6. The third-order valence-electron chi connectivity index (χ3n) is 4.79. The molecule has 0 aliphatic carbocycles. The van der Waals surface area contributed by atoms with Crippen LogP contribution < -0.4 is 10.6 Å². The molecule has 0 spiro atoms. The Morgan fingerprint density at radius 2 is 1.60 bits per heavy atom. The molecule has 1 aromatic heterocycles. The van der Waals surface area contributed by atoms with Gasteiger partial charge in [0.2, 0.25) is 5.91 Å². The molecule has 7 nitrogen and oxygen atoms in total. The van der Waals surface area contributed by atoms with E-state index in [0.717, 1.165) is 33.8 Å². The monoisotopic (exact) mass is 398 g/mol. The maximum atomic E-state index is 12.4. The van der Waals surface area contributed by atoms with Crippen molar-refractivity contribution in [2.75, 3.05) is 17.2 Å². The minimum absolute atomic E-state index is 0.122. The van der Waals surface area contributed by atoms with Crippen LogP contribution in [0.15, 0.2) is 72.8 Å². The van der Waals surface area contributed by atoms with E-state index in [1.807, 2.05) is 74.5 Å². The van der Waals surface area contributed by atoms with Gasteiger partial charge < -0.3 is 10.6 Å². The summed E-state index contributed by atoms with van der Waals surface area (Å²) < 4.78 is 1.68. The Morgan fingerprint density at radius 3 is 2.30 bits per heavy atom. The average Bonchev–Trinajstić information content (AvgIpc) is 3.20. The molecule has 7 heteroatoms. The second kappa shape index (κ2) is 8.57. The molecule has 0 radical (unpaired) electrons. The number of amides is 1. The van der Waals surface area contributed by atoms with Gasteiger partial charge in [0.15, 0.2) is 5.82 Å². The molecule has 0 saturated carbocycles. The van der Waals surface area contributed by atoms with Gasteiger partial charge in [0.05, 0.1) is 12.2 Å². The molecule has 0 saturated heterocycles. The van der Waals surface area contributed by atoms with E-state index in [1.165, 1.54) is 0 Å². The third-order valence-corrected chi connectivity index (χ3v) is 4.79. The number of carbonyl (C=O) groups excluding carboxylic acids is 1. The summed E-state index contributed by atoms with van der Waals surface area (Å²) in [7, 11) is 0. The van der Waals surface area contributed by atoms with Crippen molar-refractivity contribution in [3.05, 3.63) is 84.2 Å². The molecule has 4 rings (SSSR count). The van der Waals surface area contributed by atoms with Crippen LogP contribution in [-0.2, 0) is 4.79 Å². The summed E-state index contributed by atoms with van der Waals surface area (Å²) in [5.74, 6) is 0.579. The van der Waals surface area contributed by atoms with Crippen LogP contribution in [0.3, 0.4) is 0 Å². The van der Waals surface area contributed by atoms with Crippen molar-refractivity contribution in [3.63, 3.8) is 0 Å². The standard InChI is InChI=1S/C23H22N6O/c1-16-8-11-21(14-22(16)29-17(2)26-27-28-29)24-15-23(30)25-20-12-9-19(10-13-20)18-6-4-3-5-7-18/h3-14,24H,15H2,1-2H3,(H,25,30). The zero-order chi connectivity index (χ0) is 20.9. The molecule has 3 aromatic carbocycles. The summed E-state index contributed by atoms with van der Waals surface area (Å²) >= 11 is 0. The van der Waals surface area contributed by atoms with Gasteiger partial charge in [0.25, 0.3) is 0 Å². The Labute approximate surface area is 174 Å². The number of rotatable bonds is 6. The van der Waals surface area contributed by atoms with Crippen molar-refractivity contribution in [2.24, 2.45) is 0 Å². The van der Waals surface area contributed by atoms with Gasteiger partial charge in [-0.05, 0) is 65.2 Å². The van der Waals surface area contributed by atoms with Crippen LogP contribution in [0.4, 0.5) is 11.4 Å². The molecule has 0 aliphatic heterocycles. The number of carbonyl (C=O) groups is 1. The van der Waals surface area contributed by atoms with Crippen molar-refractivity contribution in [1.82, 2.24) is 20.2 Å². The maximum Gasteiger partial charge on any atom is 0.243 e. The van der Waals surface area contributed by atoms with Gasteiger partial charge in [0, 0.05) is 11.4 Å². The van der Waals surface area contributed by atoms with E-state index in [4.69, 9.17) is 0 Å². The Morgan fingerprint density at radius 1 is 0.900 bits per heavy atom. The van der Waals surface area contributed by atoms with Crippen LogP contribution in [0, 0.1) is 13.8 Å². The number of hydrogen-bond donors (Lipinski definition) is 2. The van der Waals surface area contributed by atoms with Gasteiger partial charge in [-0.2, -0.15) is 4.68 Å². The number of anilines is 2. The number of aromatic nitrogens is 4. The van der Waals surface area contributed by atoms with E-state index in [0.29, 0.717) is 5.82 Å².